The number of amides is 2. The largest absolute Gasteiger partial charge is 0.329 e. The molecule has 0 bridgehead atoms. The normalized spacial score (nSPS) is 24.2. The molecule has 2 aromatic carbocycles. The summed E-state index contributed by atoms with van der Waals surface area (Å²) in [6.07, 6.45) is 0. The van der Waals surface area contributed by atoms with Gasteiger partial charge in [-0.1, -0.05) is 6.07 Å². The number of carbonyl (C=O) groups is 1. The van der Waals surface area contributed by atoms with Crippen LogP contribution in [0.3, 0.4) is 0 Å². The van der Waals surface area contributed by atoms with Crippen LogP contribution in [-0.2, 0) is 9.84 Å². The Morgan fingerprint density at radius 3 is 1.92 bits per heavy atom. The number of rotatable bonds is 2. The lowest BCUT2D eigenvalue weighted by Gasteiger charge is -2.23. The minimum absolute atomic E-state index is 0.0614. The number of hydrogen-bond donors (Lipinski definition) is 0. The van der Waals surface area contributed by atoms with Crippen LogP contribution in [0.4, 0.5) is 20.6 Å². The number of fused-ring (bicyclic) bond motifs is 1. The van der Waals surface area contributed by atoms with E-state index in [-0.39, 0.29) is 17.5 Å². The molecular weight excluding hydrogens is 355 g/mol. The third-order valence-corrected chi connectivity index (χ3v) is 6.66. The second kappa shape index (κ2) is 5.81. The maximum atomic E-state index is 13.3. The zero-order valence-corrected chi connectivity index (χ0v) is 15.3. The molecule has 2 aromatic rings. The fourth-order valence-electron chi connectivity index (χ4n) is 4.00. The monoisotopic (exact) mass is 374 g/mol. The molecule has 0 spiro atoms. The van der Waals surface area contributed by atoms with Crippen molar-refractivity contribution in [3.05, 3.63) is 59.4 Å². The summed E-state index contributed by atoms with van der Waals surface area (Å²) in [4.78, 5) is 16.3. The van der Waals surface area contributed by atoms with Crippen molar-refractivity contribution in [2.24, 2.45) is 0 Å². The van der Waals surface area contributed by atoms with E-state index in [0.717, 1.165) is 11.1 Å². The first kappa shape index (κ1) is 17.0. The Labute approximate surface area is 152 Å². The van der Waals surface area contributed by atoms with Crippen LogP contribution < -0.4 is 9.80 Å². The van der Waals surface area contributed by atoms with Crippen LogP contribution in [0.25, 0.3) is 0 Å². The van der Waals surface area contributed by atoms with Gasteiger partial charge in [0, 0.05) is 11.4 Å². The van der Waals surface area contributed by atoms with Gasteiger partial charge in [0.15, 0.2) is 9.84 Å². The van der Waals surface area contributed by atoms with Gasteiger partial charge < -0.3 is 0 Å². The van der Waals surface area contributed by atoms with Crippen LogP contribution in [0.15, 0.2) is 42.5 Å². The fraction of sp³-hybridized carbons (Fsp3) is 0.316. The Morgan fingerprint density at radius 2 is 1.38 bits per heavy atom. The Hall–Kier alpha value is -2.41. The van der Waals surface area contributed by atoms with Crippen molar-refractivity contribution in [3.63, 3.8) is 0 Å². The van der Waals surface area contributed by atoms with Gasteiger partial charge in [-0.3, -0.25) is 9.80 Å². The van der Waals surface area contributed by atoms with Crippen LogP contribution in [0.1, 0.15) is 11.1 Å². The highest BCUT2D eigenvalue weighted by molar-refractivity contribution is 7.91. The molecule has 2 fully saturated rings. The van der Waals surface area contributed by atoms with E-state index in [0.29, 0.717) is 11.4 Å². The molecule has 4 rings (SSSR count). The number of hydrogen-bond acceptors (Lipinski definition) is 3. The molecule has 0 saturated carbocycles. The Balaban J connectivity index is 1.82. The van der Waals surface area contributed by atoms with Gasteiger partial charge in [0.1, 0.15) is 5.82 Å². The van der Waals surface area contributed by atoms with Gasteiger partial charge in [-0.15, -0.1) is 0 Å². The van der Waals surface area contributed by atoms with Crippen molar-refractivity contribution >= 4 is 27.2 Å². The molecule has 2 aliphatic heterocycles. The Bertz CT molecular complexity index is 968. The van der Waals surface area contributed by atoms with Crippen molar-refractivity contribution in [1.29, 1.82) is 0 Å². The quantitative estimate of drug-likeness (QED) is 0.759. The molecule has 136 valence electrons. The molecule has 2 aliphatic rings. The zero-order chi connectivity index (χ0) is 18.6. The number of urea groups is 1. The van der Waals surface area contributed by atoms with Crippen LogP contribution in [-0.4, -0.2) is 38.0 Å². The highest BCUT2D eigenvalue weighted by Crippen LogP contribution is 2.38. The molecule has 2 heterocycles. The van der Waals surface area contributed by atoms with Crippen LogP contribution in [0.2, 0.25) is 0 Å². The first-order chi connectivity index (χ1) is 12.2. The summed E-state index contributed by atoms with van der Waals surface area (Å²) < 4.78 is 37.8. The second-order valence-electron chi connectivity index (χ2n) is 7.06. The molecule has 2 saturated heterocycles. The highest BCUT2D eigenvalue weighted by Gasteiger charge is 2.54. The molecule has 0 aromatic heterocycles. The Morgan fingerprint density at radius 1 is 0.885 bits per heavy atom. The number of carbonyl (C=O) groups excluding carboxylic acids is 1. The molecule has 26 heavy (non-hydrogen) atoms. The second-order valence-corrected chi connectivity index (χ2v) is 9.21. The minimum Gasteiger partial charge on any atom is -0.288 e. The summed E-state index contributed by atoms with van der Waals surface area (Å²) in [6, 6.07) is 10.2. The van der Waals surface area contributed by atoms with Crippen LogP contribution in [0.5, 0.6) is 0 Å². The molecular formula is C19H19FN2O3S. The SMILES string of the molecule is Cc1cc(C)cc(N2C(=O)N(c3ccc(F)cc3)[C@H]3CS(=O)(=O)C[C@H]32)c1. The van der Waals surface area contributed by atoms with E-state index in [1.54, 1.807) is 4.90 Å². The fourth-order valence-corrected chi connectivity index (χ4v) is 5.92. The summed E-state index contributed by atoms with van der Waals surface area (Å²) in [5, 5.41) is 0. The first-order valence-corrected chi connectivity index (χ1v) is 10.2. The number of halogens is 1. The van der Waals surface area contributed by atoms with Crippen molar-refractivity contribution < 1.29 is 17.6 Å². The Kier molecular flexibility index (Phi) is 3.80. The first-order valence-electron chi connectivity index (χ1n) is 8.42. The number of nitrogens with zero attached hydrogens (tertiary/aromatic N) is 2. The maximum absolute atomic E-state index is 13.3. The average molecular weight is 374 g/mol. The van der Waals surface area contributed by atoms with E-state index in [4.69, 9.17) is 0 Å². The van der Waals surface area contributed by atoms with E-state index in [9.17, 15) is 17.6 Å². The standard InChI is InChI=1S/C19H19FN2O3S/c1-12-7-13(2)9-16(8-12)22-18-11-26(24,25)10-17(18)21(19(22)23)15-5-3-14(20)4-6-15/h3-9,17-18H,10-11H2,1-2H3/t17-,18+/m0/s1. The molecule has 2 amide bonds. The van der Waals surface area contributed by atoms with E-state index in [1.165, 1.54) is 29.2 Å². The summed E-state index contributed by atoms with van der Waals surface area (Å²) in [6.45, 7) is 3.88. The third-order valence-electron chi connectivity index (χ3n) is 4.96. The number of aryl methyl sites for hydroxylation is 2. The van der Waals surface area contributed by atoms with Gasteiger partial charge >= 0.3 is 6.03 Å². The molecule has 0 aliphatic carbocycles. The molecule has 7 heteroatoms. The molecule has 0 unspecified atom stereocenters. The number of sulfone groups is 1. The van der Waals surface area contributed by atoms with Gasteiger partial charge in [0.25, 0.3) is 0 Å². The van der Waals surface area contributed by atoms with Crippen LogP contribution >= 0.6 is 0 Å². The molecule has 2 atom stereocenters. The summed E-state index contributed by atoms with van der Waals surface area (Å²) in [5.41, 5.74) is 3.22. The van der Waals surface area contributed by atoms with E-state index in [1.807, 2.05) is 32.0 Å². The topological polar surface area (TPSA) is 57.7 Å². The predicted molar refractivity (Wildman–Crippen MR) is 98.9 cm³/mol. The summed E-state index contributed by atoms with van der Waals surface area (Å²) in [5.74, 6) is -0.543. The van der Waals surface area contributed by atoms with Gasteiger partial charge in [-0.25, -0.2) is 17.6 Å². The van der Waals surface area contributed by atoms with Gasteiger partial charge in [-0.2, -0.15) is 0 Å². The summed E-state index contributed by atoms with van der Waals surface area (Å²) >= 11 is 0. The van der Waals surface area contributed by atoms with Gasteiger partial charge in [0.05, 0.1) is 23.6 Å². The lowest BCUT2D eigenvalue weighted by atomic mass is 10.1. The zero-order valence-electron chi connectivity index (χ0n) is 14.5. The number of anilines is 2. The van der Waals surface area contributed by atoms with E-state index < -0.39 is 27.7 Å². The predicted octanol–water partition coefficient (Wildman–Crippen LogP) is 3.05. The highest BCUT2D eigenvalue weighted by atomic mass is 32.2. The van der Waals surface area contributed by atoms with E-state index in [2.05, 4.69) is 0 Å². The van der Waals surface area contributed by atoms with Crippen molar-refractivity contribution in [1.82, 2.24) is 0 Å². The average Bonchev–Trinajstić information content (AvgIpc) is 2.96. The van der Waals surface area contributed by atoms with Crippen LogP contribution in [0, 0.1) is 19.7 Å². The maximum Gasteiger partial charge on any atom is 0.329 e. The van der Waals surface area contributed by atoms with Crippen molar-refractivity contribution in [2.75, 3.05) is 21.3 Å². The van der Waals surface area contributed by atoms with Gasteiger partial charge in [-0.05, 0) is 61.4 Å². The van der Waals surface area contributed by atoms with Gasteiger partial charge in [0.2, 0.25) is 0 Å². The lowest BCUT2D eigenvalue weighted by molar-refractivity contribution is 0.255. The van der Waals surface area contributed by atoms with Crippen molar-refractivity contribution in [3.8, 4) is 0 Å². The van der Waals surface area contributed by atoms with Crippen molar-refractivity contribution in [2.45, 2.75) is 25.9 Å². The lowest BCUT2D eigenvalue weighted by Crippen LogP contribution is -2.38. The smallest absolute Gasteiger partial charge is 0.288 e. The minimum atomic E-state index is -3.25. The summed E-state index contributed by atoms with van der Waals surface area (Å²) in [7, 11) is -3.25. The molecule has 0 N–H and O–H groups in total. The molecule has 5 nitrogen and oxygen atoms in total. The van der Waals surface area contributed by atoms with E-state index >= 15 is 0 Å². The third kappa shape index (κ3) is 2.76. The molecule has 0 radical (unpaired) electrons. The number of benzene rings is 2.